The van der Waals surface area contributed by atoms with Gasteiger partial charge in [0.1, 0.15) is 37.0 Å². The van der Waals surface area contributed by atoms with Crippen LogP contribution >= 0.6 is 0 Å². The number of hydrogen-bond acceptors (Lipinski definition) is 14. The monoisotopic (exact) mass is 749 g/mol. The molecule has 2 unspecified atom stereocenters. The van der Waals surface area contributed by atoms with Gasteiger partial charge < -0.3 is 40.4 Å². The van der Waals surface area contributed by atoms with Gasteiger partial charge in [-0.25, -0.2) is 14.9 Å². The van der Waals surface area contributed by atoms with Gasteiger partial charge >= 0.3 is 11.9 Å². The van der Waals surface area contributed by atoms with Gasteiger partial charge in [-0.15, -0.1) is 0 Å². The molecule has 2 heterocycles. The number of aromatic hydroxyl groups is 1. The number of rotatable bonds is 23. The number of unbranched alkanes of at least 4 members (excludes halogenated alkanes) is 5. The number of aliphatic hydroxyl groups excluding tert-OH is 2. The molecule has 1 aromatic carbocycles. The summed E-state index contributed by atoms with van der Waals surface area (Å²) in [6.07, 6.45) is 6.19. The standard InChI is InChI=1S/C36H55N5O12/c1-24(22-30(43)37-26-15-10-13-21-41(51)35(26)48)53-36(49)27(38-33(47)28-23-52-34(39-28)25-14-8-9-17-29(25)42)16-11-12-20-40(50)31(44)18-6-4-2-3-5-7-19-32(45)46/h6,8-9,14,17-18,24,26-28,30-31,37,42-44,50-51H,2-5,7,10-13,15-16,19-23H2,1H3,(H,38,47)(H,45,46)/b18-6-/t24-,26-,27-,28-,30?,31?/m0/s1. The normalized spacial score (nSPS) is 20.0. The Bertz CT molecular complexity index is 1390. The predicted octanol–water partition coefficient (Wildman–Crippen LogP) is 2.18. The first-order valence-electron chi connectivity index (χ1n) is 18.3. The van der Waals surface area contributed by atoms with Crippen molar-refractivity contribution in [2.45, 2.75) is 127 Å². The number of para-hydroxylation sites is 1. The molecule has 2 aliphatic rings. The minimum Gasteiger partial charge on any atom is -0.507 e. The molecule has 0 spiro atoms. The molecular weight excluding hydrogens is 694 g/mol. The van der Waals surface area contributed by atoms with Crippen LogP contribution in [0.15, 0.2) is 41.4 Å². The number of phenols is 1. The Hall–Kier alpha value is -4.13. The molecule has 296 valence electrons. The van der Waals surface area contributed by atoms with Crippen LogP contribution in [0.2, 0.25) is 0 Å². The number of ether oxygens (including phenoxy) is 2. The molecule has 0 aromatic heterocycles. The van der Waals surface area contributed by atoms with Crippen molar-refractivity contribution in [3.05, 3.63) is 42.0 Å². The van der Waals surface area contributed by atoms with Gasteiger partial charge in [-0.1, -0.05) is 31.1 Å². The van der Waals surface area contributed by atoms with Gasteiger partial charge in [0, 0.05) is 25.9 Å². The fraction of sp³-hybridized carbons (Fsp3) is 0.639. The molecule has 53 heavy (non-hydrogen) atoms. The highest BCUT2D eigenvalue weighted by molar-refractivity contribution is 6.00. The highest BCUT2D eigenvalue weighted by Crippen LogP contribution is 2.21. The van der Waals surface area contributed by atoms with E-state index < -0.39 is 60.4 Å². The number of aliphatic hydroxyl groups is 2. The lowest BCUT2D eigenvalue weighted by atomic mass is 10.1. The number of esters is 1. The number of carbonyl (C=O) groups excluding carboxylic acids is 3. The predicted molar refractivity (Wildman–Crippen MR) is 190 cm³/mol. The number of hydrogen-bond donors (Lipinski definition) is 8. The number of nitrogens with zero attached hydrogens (tertiary/aromatic N) is 3. The largest absolute Gasteiger partial charge is 0.507 e. The molecule has 8 N–H and O–H groups in total. The van der Waals surface area contributed by atoms with Crippen molar-refractivity contribution >= 4 is 29.7 Å². The zero-order valence-corrected chi connectivity index (χ0v) is 30.2. The maximum absolute atomic E-state index is 13.4. The number of amides is 2. The summed E-state index contributed by atoms with van der Waals surface area (Å²) in [6, 6.07) is 3.42. The van der Waals surface area contributed by atoms with Gasteiger partial charge in [-0.3, -0.25) is 24.9 Å². The number of benzene rings is 1. The van der Waals surface area contributed by atoms with E-state index in [-0.39, 0.29) is 50.6 Å². The molecule has 17 nitrogen and oxygen atoms in total. The summed E-state index contributed by atoms with van der Waals surface area (Å²) in [5, 5.41) is 66.7. The quantitative estimate of drug-likeness (QED) is 0.0200. The molecule has 17 heteroatoms. The van der Waals surface area contributed by atoms with Crippen molar-refractivity contribution in [3.8, 4) is 5.75 Å². The van der Waals surface area contributed by atoms with Gasteiger partial charge in [-0.2, -0.15) is 5.06 Å². The first-order valence-corrected chi connectivity index (χ1v) is 18.3. The summed E-state index contributed by atoms with van der Waals surface area (Å²) in [5.41, 5.74) is 0.315. The van der Waals surface area contributed by atoms with Crippen LogP contribution < -0.4 is 10.6 Å². The summed E-state index contributed by atoms with van der Waals surface area (Å²) in [4.78, 5) is 53.9. The van der Waals surface area contributed by atoms with E-state index >= 15 is 0 Å². The van der Waals surface area contributed by atoms with Crippen LogP contribution in [0.1, 0.15) is 96.0 Å². The lowest BCUT2D eigenvalue weighted by Crippen LogP contribution is -2.49. The van der Waals surface area contributed by atoms with Crippen molar-refractivity contribution in [1.29, 1.82) is 0 Å². The Labute approximate surface area is 309 Å². The Morgan fingerprint density at radius 2 is 1.87 bits per heavy atom. The van der Waals surface area contributed by atoms with Gasteiger partial charge in [0.2, 0.25) is 11.8 Å². The third kappa shape index (κ3) is 15.4. The average molecular weight is 750 g/mol. The van der Waals surface area contributed by atoms with Crippen molar-refractivity contribution in [1.82, 2.24) is 20.8 Å². The maximum atomic E-state index is 13.4. The van der Waals surface area contributed by atoms with Crippen LogP contribution in [0, 0.1) is 0 Å². The molecule has 2 amide bonds. The topological polar surface area (TPSA) is 251 Å². The Balaban J connectivity index is 1.53. The van der Waals surface area contributed by atoms with Crippen LogP contribution in [0.25, 0.3) is 0 Å². The molecule has 1 fully saturated rings. The van der Waals surface area contributed by atoms with Crippen LogP contribution in [0.3, 0.4) is 0 Å². The van der Waals surface area contributed by atoms with Crippen LogP contribution in [0.5, 0.6) is 5.75 Å². The number of carboxylic acid groups (broad SMARTS) is 1. The van der Waals surface area contributed by atoms with Crippen LogP contribution in [-0.2, 0) is 28.7 Å². The number of phenolic OH excluding ortho intramolecular Hbond substituents is 1. The van der Waals surface area contributed by atoms with Crippen LogP contribution in [-0.4, -0.2) is 127 Å². The van der Waals surface area contributed by atoms with E-state index in [1.807, 2.05) is 0 Å². The van der Waals surface area contributed by atoms with Crippen LogP contribution in [0.4, 0.5) is 0 Å². The van der Waals surface area contributed by atoms with E-state index in [1.165, 1.54) is 12.1 Å². The zero-order valence-electron chi connectivity index (χ0n) is 30.2. The molecule has 0 saturated carbocycles. The Morgan fingerprint density at radius 1 is 1.11 bits per heavy atom. The number of carboxylic acids is 1. The lowest BCUT2D eigenvalue weighted by Gasteiger charge is -2.25. The Kier molecular flexibility index (Phi) is 18.6. The summed E-state index contributed by atoms with van der Waals surface area (Å²) < 4.78 is 11.1. The lowest BCUT2D eigenvalue weighted by molar-refractivity contribution is -0.177. The second-order valence-corrected chi connectivity index (χ2v) is 13.4. The molecule has 0 bridgehead atoms. The van der Waals surface area contributed by atoms with Crippen molar-refractivity contribution < 1.29 is 59.5 Å². The molecule has 6 atom stereocenters. The van der Waals surface area contributed by atoms with Gasteiger partial charge in [0.15, 0.2) is 6.04 Å². The molecule has 3 rings (SSSR count). The smallest absolute Gasteiger partial charge is 0.328 e. The molecule has 0 radical (unpaired) electrons. The summed E-state index contributed by atoms with van der Waals surface area (Å²) in [5.74, 6) is -2.74. The number of hydroxylamine groups is 4. The maximum Gasteiger partial charge on any atom is 0.328 e. The number of allylic oxidation sites excluding steroid dienone is 1. The van der Waals surface area contributed by atoms with E-state index in [9.17, 15) is 44.9 Å². The molecule has 2 aliphatic heterocycles. The number of carbonyl (C=O) groups is 4. The van der Waals surface area contributed by atoms with Gasteiger partial charge in [0.25, 0.3) is 5.91 Å². The summed E-state index contributed by atoms with van der Waals surface area (Å²) in [6.45, 7) is 1.70. The van der Waals surface area contributed by atoms with Gasteiger partial charge in [0.05, 0.1) is 11.6 Å². The van der Waals surface area contributed by atoms with E-state index in [0.29, 0.717) is 55.6 Å². The van der Waals surface area contributed by atoms with E-state index in [2.05, 4.69) is 15.6 Å². The first kappa shape index (κ1) is 43.3. The first-order chi connectivity index (χ1) is 25.3. The summed E-state index contributed by atoms with van der Waals surface area (Å²) >= 11 is 0. The van der Waals surface area contributed by atoms with E-state index in [1.54, 1.807) is 31.2 Å². The highest BCUT2D eigenvalue weighted by atomic mass is 16.5. The van der Waals surface area contributed by atoms with Crippen molar-refractivity contribution in [3.63, 3.8) is 0 Å². The third-order valence-corrected chi connectivity index (χ3v) is 8.88. The number of aliphatic imine (C=N–C) groups is 1. The van der Waals surface area contributed by atoms with Crippen molar-refractivity contribution in [2.75, 3.05) is 19.7 Å². The van der Waals surface area contributed by atoms with E-state index in [0.717, 1.165) is 24.3 Å². The van der Waals surface area contributed by atoms with E-state index in [4.69, 9.17) is 14.6 Å². The number of aliphatic carboxylic acids is 1. The molecule has 1 aromatic rings. The molecule has 1 saturated heterocycles. The fourth-order valence-electron chi connectivity index (χ4n) is 5.91. The second-order valence-electron chi connectivity index (χ2n) is 13.4. The van der Waals surface area contributed by atoms with Gasteiger partial charge in [-0.05, 0) is 82.9 Å². The highest BCUT2D eigenvalue weighted by Gasteiger charge is 2.33. The minimum absolute atomic E-state index is 0.0561. The summed E-state index contributed by atoms with van der Waals surface area (Å²) in [7, 11) is 0. The third-order valence-electron chi connectivity index (χ3n) is 8.88. The number of nitrogens with one attached hydrogen (secondary N) is 2. The second kappa shape index (κ2) is 22.8. The zero-order chi connectivity index (χ0) is 38.8. The Morgan fingerprint density at radius 3 is 2.62 bits per heavy atom. The fourth-order valence-corrected chi connectivity index (χ4v) is 5.91. The SMILES string of the molecule is C[C@@H](CC(O)N[C@H]1CCCCN(O)C1=O)OC(=O)[C@H](CCCCN(O)C(O)/C=C\CCCCCCC(=O)O)NC(=O)[C@@H]1COC(c2ccccc2O)=N1. The minimum atomic E-state index is -1.25. The van der Waals surface area contributed by atoms with Crippen molar-refractivity contribution in [2.24, 2.45) is 4.99 Å². The average Bonchev–Trinajstić information content (AvgIpc) is 3.55. The molecule has 0 aliphatic carbocycles. The molecular formula is C36H55N5O12.